The number of ether oxygens (including phenoxy) is 1. The molecule has 0 aliphatic carbocycles. The summed E-state index contributed by atoms with van der Waals surface area (Å²) in [6, 6.07) is 1.96. The van der Waals surface area contributed by atoms with Gasteiger partial charge in [-0.1, -0.05) is 6.92 Å². The van der Waals surface area contributed by atoms with Gasteiger partial charge in [0.1, 0.15) is 6.10 Å². The molecular formula is C13H21N3O2. The second kappa shape index (κ2) is 5.63. The Bertz CT molecular complexity index is 428. The summed E-state index contributed by atoms with van der Waals surface area (Å²) in [6.07, 6.45) is 0.119. The van der Waals surface area contributed by atoms with Crippen LogP contribution in [0.5, 0.6) is 0 Å². The molecule has 1 aliphatic rings. The van der Waals surface area contributed by atoms with Crippen LogP contribution < -0.4 is 0 Å². The third-order valence-electron chi connectivity index (χ3n) is 3.41. The number of rotatable bonds is 4. The molecule has 1 aliphatic heterocycles. The Morgan fingerprint density at radius 2 is 2.39 bits per heavy atom. The van der Waals surface area contributed by atoms with Gasteiger partial charge in [0.15, 0.2) is 5.78 Å². The fraction of sp³-hybridized carbons (Fsp3) is 0.692. The van der Waals surface area contributed by atoms with E-state index in [9.17, 15) is 4.79 Å². The SMILES string of the molecule is CCN1CCOC(C(=O)Cc2cc(C)nn2C)C1. The first-order chi connectivity index (χ1) is 8.60. The molecule has 1 saturated heterocycles. The molecular weight excluding hydrogens is 230 g/mol. The van der Waals surface area contributed by atoms with Crippen LogP contribution in [0.25, 0.3) is 0 Å². The smallest absolute Gasteiger partial charge is 0.168 e. The minimum atomic E-state index is -0.283. The second-order valence-electron chi connectivity index (χ2n) is 4.80. The summed E-state index contributed by atoms with van der Waals surface area (Å²) in [5.74, 6) is 0.149. The Kier molecular flexibility index (Phi) is 4.14. The topological polar surface area (TPSA) is 47.4 Å². The van der Waals surface area contributed by atoms with Gasteiger partial charge in [-0.3, -0.25) is 14.4 Å². The Labute approximate surface area is 108 Å². The summed E-state index contributed by atoms with van der Waals surface area (Å²) in [5.41, 5.74) is 1.90. The van der Waals surface area contributed by atoms with E-state index in [1.807, 2.05) is 20.0 Å². The van der Waals surface area contributed by atoms with Crippen LogP contribution in [0.2, 0.25) is 0 Å². The van der Waals surface area contributed by atoms with Gasteiger partial charge in [0, 0.05) is 25.8 Å². The first-order valence-electron chi connectivity index (χ1n) is 6.46. The van der Waals surface area contributed by atoms with Crippen molar-refractivity contribution in [1.29, 1.82) is 0 Å². The normalized spacial score (nSPS) is 21.2. The number of likely N-dealkylation sites (N-methyl/N-ethyl adjacent to an activating group) is 1. The maximum Gasteiger partial charge on any atom is 0.168 e. The van der Waals surface area contributed by atoms with E-state index in [4.69, 9.17) is 4.74 Å². The van der Waals surface area contributed by atoms with Crippen LogP contribution >= 0.6 is 0 Å². The minimum absolute atomic E-state index is 0.149. The minimum Gasteiger partial charge on any atom is -0.368 e. The molecule has 1 atom stereocenters. The molecule has 5 nitrogen and oxygen atoms in total. The van der Waals surface area contributed by atoms with Gasteiger partial charge in [0.25, 0.3) is 0 Å². The largest absolute Gasteiger partial charge is 0.368 e. The Hall–Kier alpha value is -1.20. The average Bonchev–Trinajstić information content (AvgIpc) is 2.68. The van der Waals surface area contributed by atoms with Crippen molar-refractivity contribution in [3.05, 3.63) is 17.5 Å². The van der Waals surface area contributed by atoms with Gasteiger partial charge in [-0.2, -0.15) is 5.10 Å². The second-order valence-corrected chi connectivity index (χ2v) is 4.80. The van der Waals surface area contributed by atoms with Gasteiger partial charge >= 0.3 is 0 Å². The van der Waals surface area contributed by atoms with E-state index in [1.165, 1.54) is 0 Å². The van der Waals surface area contributed by atoms with E-state index in [0.29, 0.717) is 19.6 Å². The Morgan fingerprint density at radius 3 is 3.00 bits per heavy atom. The number of carbonyl (C=O) groups excluding carboxylic acids is 1. The molecule has 0 spiro atoms. The van der Waals surface area contributed by atoms with Gasteiger partial charge < -0.3 is 4.74 Å². The van der Waals surface area contributed by atoms with Crippen molar-refractivity contribution in [2.24, 2.45) is 7.05 Å². The van der Waals surface area contributed by atoms with Gasteiger partial charge in [0.2, 0.25) is 0 Å². The number of morpholine rings is 1. The van der Waals surface area contributed by atoms with Crippen molar-refractivity contribution in [2.45, 2.75) is 26.4 Å². The molecule has 0 saturated carbocycles. The van der Waals surface area contributed by atoms with Crippen molar-refractivity contribution in [2.75, 3.05) is 26.2 Å². The van der Waals surface area contributed by atoms with E-state index in [1.54, 1.807) is 4.68 Å². The molecule has 1 fully saturated rings. The molecule has 0 amide bonds. The molecule has 0 aromatic carbocycles. The highest BCUT2D eigenvalue weighted by Crippen LogP contribution is 2.10. The first kappa shape index (κ1) is 13.2. The van der Waals surface area contributed by atoms with E-state index >= 15 is 0 Å². The molecule has 18 heavy (non-hydrogen) atoms. The van der Waals surface area contributed by atoms with Gasteiger partial charge in [-0.25, -0.2) is 0 Å². The summed E-state index contributed by atoms with van der Waals surface area (Å²) >= 11 is 0. The molecule has 5 heteroatoms. The maximum atomic E-state index is 12.2. The molecule has 1 unspecified atom stereocenters. The van der Waals surface area contributed by atoms with Crippen LogP contribution in [0.1, 0.15) is 18.3 Å². The summed E-state index contributed by atoms with van der Waals surface area (Å²) in [6.45, 7) is 7.30. The number of nitrogens with zero attached hydrogens (tertiary/aromatic N) is 3. The lowest BCUT2D eigenvalue weighted by Gasteiger charge is -2.31. The molecule has 1 aromatic rings. The monoisotopic (exact) mass is 251 g/mol. The lowest BCUT2D eigenvalue weighted by atomic mass is 10.1. The molecule has 0 radical (unpaired) electrons. The molecule has 2 heterocycles. The van der Waals surface area contributed by atoms with Crippen molar-refractivity contribution in [1.82, 2.24) is 14.7 Å². The zero-order valence-electron chi connectivity index (χ0n) is 11.3. The third kappa shape index (κ3) is 2.97. The highest BCUT2D eigenvalue weighted by Gasteiger charge is 2.26. The zero-order chi connectivity index (χ0) is 13.1. The quantitative estimate of drug-likeness (QED) is 0.784. The summed E-state index contributed by atoms with van der Waals surface area (Å²) in [7, 11) is 1.87. The molecule has 2 rings (SSSR count). The van der Waals surface area contributed by atoms with E-state index in [2.05, 4.69) is 16.9 Å². The summed E-state index contributed by atoms with van der Waals surface area (Å²) in [4.78, 5) is 14.4. The number of Topliss-reactive ketones (excluding diaryl/α,β-unsaturated/α-hetero) is 1. The fourth-order valence-electron chi connectivity index (χ4n) is 2.31. The van der Waals surface area contributed by atoms with Crippen LogP contribution in [-0.2, 0) is 23.0 Å². The van der Waals surface area contributed by atoms with E-state index in [0.717, 1.165) is 24.5 Å². The van der Waals surface area contributed by atoms with E-state index < -0.39 is 0 Å². The summed E-state index contributed by atoms with van der Waals surface area (Å²) < 4.78 is 7.34. The van der Waals surface area contributed by atoms with Crippen LogP contribution in [0.3, 0.4) is 0 Å². The van der Waals surface area contributed by atoms with Gasteiger partial charge in [-0.15, -0.1) is 0 Å². The van der Waals surface area contributed by atoms with Crippen molar-refractivity contribution in [3.63, 3.8) is 0 Å². The van der Waals surface area contributed by atoms with Crippen LogP contribution in [0, 0.1) is 6.92 Å². The van der Waals surface area contributed by atoms with Gasteiger partial charge in [-0.05, 0) is 19.5 Å². The van der Waals surface area contributed by atoms with Crippen LogP contribution in [-0.4, -0.2) is 52.8 Å². The van der Waals surface area contributed by atoms with Crippen molar-refractivity contribution >= 4 is 5.78 Å². The average molecular weight is 251 g/mol. The highest BCUT2D eigenvalue weighted by molar-refractivity contribution is 5.85. The summed E-state index contributed by atoms with van der Waals surface area (Å²) in [5, 5.41) is 4.25. The Balaban J connectivity index is 1.97. The number of aryl methyl sites for hydroxylation is 2. The maximum absolute atomic E-state index is 12.2. The molecule has 100 valence electrons. The number of carbonyl (C=O) groups is 1. The molecule has 0 bridgehead atoms. The predicted molar refractivity (Wildman–Crippen MR) is 68.5 cm³/mol. The lowest BCUT2D eigenvalue weighted by molar-refractivity contribution is -0.135. The zero-order valence-corrected chi connectivity index (χ0v) is 11.3. The number of hydrogen-bond donors (Lipinski definition) is 0. The first-order valence-corrected chi connectivity index (χ1v) is 6.46. The van der Waals surface area contributed by atoms with Gasteiger partial charge in [0.05, 0.1) is 18.7 Å². The van der Waals surface area contributed by atoms with Crippen LogP contribution in [0.4, 0.5) is 0 Å². The predicted octanol–water partition coefficient (Wildman–Crippen LogP) is 0.561. The standard InChI is InChI=1S/C13H21N3O2/c1-4-16-5-6-18-13(9-16)12(17)8-11-7-10(2)14-15(11)3/h7,13H,4-6,8-9H2,1-3H3. The van der Waals surface area contributed by atoms with Crippen molar-refractivity contribution in [3.8, 4) is 0 Å². The van der Waals surface area contributed by atoms with Crippen molar-refractivity contribution < 1.29 is 9.53 Å². The van der Waals surface area contributed by atoms with E-state index in [-0.39, 0.29) is 11.9 Å². The molecule has 1 aromatic heterocycles. The number of hydrogen-bond acceptors (Lipinski definition) is 4. The molecule has 0 N–H and O–H groups in total. The van der Waals surface area contributed by atoms with Crippen LogP contribution in [0.15, 0.2) is 6.07 Å². The number of ketones is 1. The third-order valence-corrected chi connectivity index (χ3v) is 3.41. The highest BCUT2D eigenvalue weighted by atomic mass is 16.5. The fourth-order valence-corrected chi connectivity index (χ4v) is 2.31. The lowest BCUT2D eigenvalue weighted by Crippen LogP contribution is -2.46. The Morgan fingerprint density at radius 1 is 1.61 bits per heavy atom. The number of aromatic nitrogens is 2.